The Morgan fingerprint density at radius 2 is 1.52 bits per heavy atom. The van der Waals surface area contributed by atoms with Crippen molar-refractivity contribution in [1.82, 2.24) is 4.98 Å². The summed E-state index contributed by atoms with van der Waals surface area (Å²) in [6.45, 7) is 5.26. The topological polar surface area (TPSA) is 84.2 Å². The lowest BCUT2D eigenvalue weighted by Crippen LogP contribution is -2.15. The van der Waals surface area contributed by atoms with Crippen LogP contribution < -0.4 is 10.6 Å². The number of hydrogen-bond acceptors (Lipinski definition) is 4. The molecule has 0 aliphatic heterocycles. The smallest absolute Gasteiger partial charge is 0.230 e. The largest absolute Gasteiger partial charge is 0.441 e. The second-order valence-electron chi connectivity index (χ2n) is 6.37. The van der Waals surface area contributed by atoms with Crippen molar-refractivity contribution in [1.29, 1.82) is 0 Å². The number of amides is 2. The SMILES string of the molecule is CC(=O)Nc1ccc(NC(=O)Cc2nc(-c3ccc(C)cc3)oc2C)cc1. The monoisotopic (exact) mass is 363 g/mol. The van der Waals surface area contributed by atoms with Crippen molar-refractivity contribution in [2.45, 2.75) is 27.2 Å². The second-order valence-corrected chi connectivity index (χ2v) is 6.37. The molecule has 27 heavy (non-hydrogen) atoms. The molecule has 0 unspecified atom stereocenters. The molecule has 1 heterocycles. The van der Waals surface area contributed by atoms with E-state index in [1.807, 2.05) is 31.2 Å². The number of rotatable bonds is 5. The zero-order valence-corrected chi connectivity index (χ0v) is 15.5. The van der Waals surface area contributed by atoms with Crippen LogP contribution in [0.3, 0.4) is 0 Å². The Hall–Kier alpha value is -3.41. The Morgan fingerprint density at radius 1 is 0.926 bits per heavy atom. The molecule has 138 valence electrons. The molecule has 3 rings (SSSR count). The van der Waals surface area contributed by atoms with Gasteiger partial charge in [-0.15, -0.1) is 0 Å². The van der Waals surface area contributed by atoms with Gasteiger partial charge in [-0.3, -0.25) is 9.59 Å². The number of nitrogens with one attached hydrogen (secondary N) is 2. The summed E-state index contributed by atoms with van der Waals surface area (Å²) in [4.78, 5) is 27.8. The van der Waals surface area contributed by atoms with Crippen molar-refractivity contribution in [2.24, 2.45) is 0 Å². The molecule has 2 N–H and O–H groups in total. The highest BCUT2D eigenvalue weighted by atomic mass is 16.4. The number of benzene rings is 2. The summed E-state index contributed by atoms with van der Waals surface area (Å²) in [5.41, 5.74) is 3.97. The fourth-order valence-electron chi connectivity index (χ4n) is 2.61. The van der Waals surface area contributed by atoms with Gasteiger partial charge in [0.05, 0.1) is 12.1 Å². The first kappa shape index (κ1) is 18.4. The molecule has 0 fully saturated rings. The third-order valence-corrected chi connectivity index (χ3v) is 4.01. The second kappa shape index (κ2) is 7.86. The van der Waals surface area contributed by atoms with Gasteiger partial charge in [-0.2, -0.15) is 0 Å². The Morgan fingerprint density at radius 3 is 2.11 bits per heavy atom. The van der Waals surface area contributed by atoms with E-state index < -0.39 is 0 Å². The van der Waals surface area contributed by atoms with Crippen LogP contribution in [0.15, 0.2) is 52.9 Å². The number of aryl methyl sites for hydroxylation is 2. The minimum absolute atomic E-state index is 0.120. The number of nitrogens with zero attached hydrogens (tertiary/aromatic N) is 1. The average Bonchev–Trinajstić information content (AvgIpc) is 2.97. The van der Waals surface area contributed by atoms with Gasteiger partial charge >= 0.3 is 0 Å². The summed E-state index contributed by atoms with van der Waals surface area (Å²) < 4.78 is 5.71. The van der Waals surface area contributed by atoms with Crippen LogP contribution in [0.5, 0.6) is 0 Å². The highest BCUT2D eigenvalue weighted by Gasteiger charge is 2.15. The Balaban J connectivity index is 1.65. The molecule has 3 aromatic rings. The summed E-state index contributed by atoms with van der Waals surface area (Å²) in [6, 6.07) is 14.8. The molecule has 2 amide bonds. The van der Waals surface area contributed by atoms with Crippen molar-refractivity contribution < 1.29 is 14.0 Å². The highest BCUT2D eigenvalue weighted by molar-refractivity contribution is 5.93. The fourth-order valence-corrected chi connectivity index (χ4v) is 2.61. The maximum absolute atomic E-state index is 12.3. The van der Waals surface area contributed by atoms with E-state index in [9.17, 15) is 9.59 Å². The van der Waals surface area contributed by atoms with Crippen molar-refractivity contribution >= 4 is 23.2 Å². The van der Waals surface area contributed by atoms with Crippen LogP contribution in [-0.4, -0.2) is 16.8 Å². The number of oxazole rings is 1. The molecule has 0 saturated heterocycles. The zero-order chi connectivity index (χ0) is 19.4. The highest BCUT2D eigenvalue weighted by Crippen LogP contribution is 2.23. The first-order chi connectivity index (χ1) is 12.9. The van der Waals surface area contributed by atoms with Crippen molar-refractivity contribution in [2.75, 3.05) is 10.6 Å². The number of carbonyl (C=O) groups is 2. The summed E-state index contributed by atoms with van der Waals surface area (Å²) in [5, 5.41) is 5.50. The van der Waals surface area contributed by atoms with Gasteiger partial charge in [0.15, 0.2) is 0 Å². The van der Waals surface area contributed by atoms with Gasteiger partial charge in [0.25, 0.3) is 0 Å². The molecule has 0 saturated carbocycles. The van der Waals surface area contributed by atoms with E-state index in [-0.39, 0.29) is 18.2 Å². The molecule has 0 aliphatic rings. The molecule has 6 nitrogen and oxygen atoms in total. The number of carbonyl (C=O) groups excluding carboxylic acids is 2. The van der Waals surface area contributed by atoms with Gasteiger partial charge in [-0.05, 0) is 50.2 Å². The van der Waals surface area contributed by atoms with Crippen molar-refractivity contribution in [3.8, 4) is 11.5 Å². The fraction of sp³-hybridized carbons (Fsp3) is 0.190. The summed E-state index contributed by atoms with van der Waals surface area (Å²) >= 11 is 0. The van der Waals surface area contributed by atoms with E-state index >= 15 is 0 Å². The Bertz CT molecular complexity index is 957. The standard InChI is InChI=1S/C21H21N3O3/c1-13-4-6-16(7-5-13)21-24-19(14(2)27-21)12-20(26)23-18-10-8-17(9-11-18)22-15(3)25/h4-11H,12H2,1-3H3,(H,22,25)(H,23,26). The van der Waals surface area contributed by atoms with E-state index in [0.717, 1.165) is 11.1 Å². The third kappa shape index (κ3) is 4.82. The van der Waals surface area contributed by atoms with Crippen LogP contribution in [0.25, 0.3) is 11.5 Å². The van der Waals surface area contributed by atoms with Gasteiger partial charge in [0.2, 0.25) is 17.7 Å². The molecule has 2 aromatic carbocycles. The predicted octanol–water partition coefficient (Wildman–Crippen LogP) is 4.10. The minimum atomic E-state index is -0.186. The summed E-state index contributed by atoms with van der Waals surface area (Å²) in [7, 11) is 0. The minimum Gasteiger partial charge on any atom is -0.441 e. The lowest BCUT2D eigenvalue weighted by Gasteiger charge is -2.06. The number of hydrogen-bond donors (Lipinski definition) is 2. The summed E-state index contributed by atoms with van der Waals surface area (Å²) in [6.07, 6.45) is 0.120. The van der Waals surface area contributed by atoms with E-state index in [1.54, 1.807) is 31.2 Å². The molecule has 6 heteroatoms. The third-order valence-electron chi connectivity index (χ3n) is 4.01. The number of aromatic nitrogens is 1. The van der Waals surface area contributed by atoms with E-state index in [4.69, 9.17) is 4.42 Å². The van der Waals surface area contributed by atoms with Gasteiger partial charge in [0, 0.05) is 23.9 Å². The Labute approximate surface area is 157 Å². The van der Waals surface area contributed by atoms with Gasteiger partial charge in [-0.1, -0.05) is 17.7 Å². The predicted molar refractivity (Wildman–Crippen MR) is 104 cm³/mol. The van der Waals surface area contributed by atoms with Gasteiger partial charge < -0.3 is 15.1 Å². The van der Waals surface area contributed by atoms with Crippen LogP contribution in [0, 0.1) is 13.8 Å². The first-order valence-corrected chi connectivity index (χ1v) is 8.61. The molecule has 1 aromatic heterocycles. The molecule has 0 spiro atoms. The normalized spacial score (nSPS) is 10.5. The molecular weight excluding hydrogens is 342 g/mol. The lowest BCUT2D eigenvalue weighted by atomic mass is 10.1. The zero-order valence-electron chi connectivity index (χ0n) is 15.5. The molecule has 0 radical (unpaired) electrons. The van der Waals surface area contributed by atoms with Crippen molar-refractivity contribution in [3.05, 3.63) is 65.5 Å². The molecular formula is C21H21N3O3. The first-order valence-electron chi connectivity index (χ1n) is 8.61. The quantitative estimate of drug-likeness (QED) is 0.715. The van der Waals surface area contributed by atoms with Crippen molar-refractivity contribution in [3.63, 3.8) is 0 Å². The van der Waals surface area contributed by atoms with E-state index in [1.165, 1.54) is 6.92 Å². The van der Waals surface area contributed by atoms with Crippen LogP contribution in [0.4, 0.5) is 11.4 Å². The van der Waals surface area contributed by atoms with Crippen LogP contribution in [0.1, 0.15) is 23.9 Å². The Kier molecular flexibility index (Phi) is 5.35. The molecule has 0 bridgehead atoms. The summed E-state index contributed by atoms with van der Waals surface area (Å²) in [5.74, 6) is 0.809. The number of anilines is 2. The maximum atomic E-state index is 12.3. The maximum Gasteiger partial charge on any atom is 0.230 e. The van der Waals surface area contributed by atoms with E-state index in [2.05, 4.69) is 15.6 Å². The van der Waals surface area contributed by atoms with Crippen LogP contribution in [0.2, 0.25) is 0 Å². The molecule has 0 atom stereocenters. The lowest BCUT2D eigenvalue weighted by molar-refractivity contribution is -0.116. The van der Waals surface area contributed by atoms with Crippen LogP contribution in [-0.2, 0) is 16.0 Å². The average molecular weight is 363 g/mol. The van der Waals surface area contributed by atoms with Gasteiger partial charge in [-0.25, -0.2) is 4.98 Å². The van der Waals surface area contributed by atoms with E-state index in [0.29, 0.717) is 28.7 Å². The van der Waals surface area contributed by atoms with Gasteiger partial charge in [0.1, 0.15) is 5.76 Å². The van der Waals surface area contributed by atoms with Crippen LogP contribution >= 0.6 is 0 Å². The molecule has 0 aliphatic carbocycles.